The fourth-order valence-electron chi connectivity index (χ4n) is 2.07. The number of rotatable bonds is 6. The first kappa shape index (κ1) is 19.4. The summed E-state index contributed by atoms with van der Waals surface area (Å²) in [6.45, 7) is 0.439. The van der Waals surface area contributed by atoms with Gasteiger partial charge in [-0.05, 0) is 36.4 Å². The van der Waals surface area contributed by atoms with Crippen LogP contribution in [0.15, 0.2) is 36.4 Å². The van der Waals surface area contributed by atoms with Gasteiger partial charge >= 0.3 is 0 Å². The summed E-state index contributed by atoms with van der Waals surface area (Å²) >= 11 is 17.7. The fraction of sp³-hybridized carbons (Fsp3) is 0.176. The Morgan fingerprint density at radius 3 is 2.00 bits per heavy atom. The van der Waals surface area contributed by atoms with Crippen LogP contribution in [0.3, 0.4) is 0 Å². The quantitative estimate of drug-likeness (QED) is 0.723. The van der Waals surface area contributed by atoms with Crippen molar-refractivity contribution in [3.8, 4) is 5.75 Å². The highest BCUT2D eigenvalue weighted by Gasteiger charge is 2.13. The lowest BCUT2D eigenvalue weighted by Crippen LogP contribution is -2.35. The topological polar surface area (TPSA) is 67.4 Å². The minimum Gasteiger partial charge on any atom is -0.496 e. The summed E-state index contributed by atoms with van der Waals surface area (Å²) < 4.78 is 5.13. The van der Waals surface area contributed by atoms with Crippen LogP contribution < -0.4 is 15.4 Å². The Bertz CT molecular complexity index is 797. The molecule has 132 valence electrons. The average molecular weight is 402 g/mol. The Labute approximate surface area is 160 Å². The molecule has 5 nitrogen and oxygen atoms in total. The van der Waals surface area contributed by atoms with Crippen LogP contribution in [-0.2, 0) is 0 Å². The third-order valence-corrected chi connectivity index (χ3v) is 4.08. The number of ether oxygens (including phenoxy) is 1. The van der Waals surface area contributed by atoms with E-state index >= 15 is 0 Å². The van der Waals surface area contributed by atoms with Gasteiger partial charge in [-0.2, -0.15) is 0 Å². The minimum atomic E-state index is -0.373. The third-order valence-electron chi connectivity index (χ3n) is 3.28. The number of amides is 2. The van der Waals surface area contributed by atoms with E-state index < -0.39 is 0 Å². The van der Waals surface area contributed by atoms with Crippen molar-refractivity contribution in [3.63, 3.8) is 0 Å². The van der Waals surface area contributed by atoms with E-state index in [1.807, 2.05) is 0 Å². The summed E-state index contributed by atoms with van der Waals surface area (Å²) in [5.74, 6) is -0.312. The number of hydrogen-bond acceptors (Lipinski definition) is 3. The van der Waals surface area contributed by atoms with Crippen LogP contribution in [-0.4, -0.2) is 32.0 Å². The Hall–Kier alpha value is -1.95. The van der Waals surface area contributed by atoms with E-state index in [-0.39, 0.29) is 30.5 Å². The molecule has 2 aromatic carbocycles. The SMILES string of the molecule is COc1ccc(Cl)cc1C(=O)NCCNC(=O)c1cc(Cl)ccc1Cl. The van der Waals surface area contributed by atoms with Crippen LogP contribution in [0.5, 0.6) is 5.75 Å². The summed E-state index contributed by atoms with van der Waals surface area (Å²) in [4.78, 5) is 24.3. The van der Waals surface area contributed by atoms with Gasteiger partial charge in [0.05, 0.1) is 23.3 Å². The predicted molar refractivity (Wildman–Crippen MR) is 99.1 cm³/mol. The highest BCUT2D eigenvalue weighted by atomic mass is 35.5. The number of carbonyl (C=O) groups excluding carboxylic acids is 2. The number of nitrogens with one attached hydrogen (secondary N) is 2. The molecule has 25 heavy (non-hydrogen) atoms. The zero-order valence-corrected chi connectivity index (χ0v) is 15.5. The standard InChI is InChI=1S/C17H15Cl3N2O3/c1-25-15-5-3-11(19)9-13(15)17(24)22-7-6-21-16(23)12-8-10(18)2-4-14(12)20/h2-5,8-9H,6-7H2,1H3,(H,21,23)(H,22,24). The van der Waals surface area contributed by atoms with E-state index in [1.165, 1.54) is 19.2 Å². The summed E-state index contributed by atoms with van der Waals surface area (Å²) in [5.41, 5.74) is 0.594. The molecular weight excluding hydrogens is 387 g/mol. The van der Waals surface area contributed by atoms with Crippen molar-refractivity contribution in [2.24, 2.45) is 0 Å². The Balaban J connectivity index is 1.89. The zero-order chi connectivity index (χ0) is 18.4. The molecule has 0 saturated heterocycles. The zero-order valence-electron chi connectivity index (χ0n) is 13.2. The molecule has 2 amide bonds. The number of hydrogen-bond donors (Lipinski definition) is 2. The maximum absolute atomic E-state index is 12.2. The minimum absolute atomic E-state index is 0.219. The van der Waals surface area contributed by atoms with Gasteiger partial charge in [-0.1, -0.05) is 34.8 Å². The van der Waals surface area contributed by atoms with Gasteiger partial charge in [0.15, 0.2) is 0 Å². The highest BCUT2D eigenvalue weighted by Crippen LogP contribution is 2.22. The second-order valence-electron chi connectivity index (χ2n) is 4.98. The van der Waals surface area contributed by atoms with Crippen molar-refractivity contribution in [1.29, 1.82) is 0 Å². The summed E-state index contributed by atoms with van der Waals surface area (Å²) in [6.07, 6.45) is 0. The highest BCUT2D eigenvalue weighted by molar-refractivity contribution is 6.35. The first-order chi connectivity index (χ1) is 11.9. The molecule has 0 aliphatic carbocycles. The van der Waals surface area contributed by atoms with Crippen LogP contribution >= 0.6 is 34.8 Å². The second kappa shape index (κ2) is 8.94. The largest absolute Gasteiger partial charge is 0.496 e. The van der Waals surface area contributed by atoms with Crippen molar-refractivity contribution in [2.45, 2.75) is 0 Å². The first-order valence-electron chi connectivity index (χ1n) is 7.27. The second-order valence-corrected chi connectivity index (χ2v) is 6.26. The lowest BCUT2D eigenvalue weighted by atomic mass is 10.2. The molecule has 0 unspecified atom stereocenters. The van der Waals surface area contributed by atoms with Gasteiger partial charge in [-0.3, -0.25) is 9.59 Å². The van der Waals surface area contributed by atoms with Gasteiger partial charge in [0, 0.05) is 23.1 Å². The molecular formula is C17H15Cl3N2O3. The van der Waals surface area contributed by atoms with Gasteiger partial charge in [0.25, 0.3) is 11.8 Å². The number of halogens is 3. The Morgan fingerprint density at radius 2 is 1.40 bits per heavy atom. The lowest BCUT2D eigenvalue weighted by Gasteiger charge is -2.11. The first-order valence-corrected chi connectivity index (χ1v) is 8.40. The van der Waals surface area contributed by atoms with Gasteiger partial charge in [-0.25, -0.2) is 0 Å². The molecule has 0 bridgehead atoms. The van der Waals surface area contributed by atoms with Crippen molar-refractivity contribution < 1.29 is 14.3 Å². The normalized spacial score (nSPS) is 10.2. The maximum atomic E-state index is 12.2. The van der Waals surface area contributed by atoms with E-state index in [2.05, 4.69) is 10.6 Å². The van der Waals surface area contributed by atoms with E-state index in [9.17, 15) is 9.59 Å². The summed E-state index contributed by atoms with van der Waals surface area (Å²) in [5, 5.41) is 6.48. The molecule has 0 saturated carbocycles. The van der Waals surface area contributed by atoms with E-state index in [0.717, 1.165) is 0 Å². The molecule has 0 aliphatic rings. The van der Waals surface area contributed by atoms with Crippen molar-refractivity contribution in [1.82, 2.24) is 10.6 Å². The molecule has 0 aliphatic heterocycles. The fourth-order valence-corrected chi connectivity index (χ4v) is 2.62. The summed E-state index contributed by atoms with van der Waals surface area (Å²) in [6, 6.07) is 9.38. The van der Waals surface area contributed by atoms with Gasteiger partial charge in [-0.15, -0.1) is 0 Å². The molecule has 2 aromatic rings. The lowest BCUT2D eigenvalue weighted by molar-refractivity contribution is 0.0926. The molecule has 2 rings (SSSR count). The molecule has 0 radical (unpaired) electrons. The van der Waals surface area contributed by atoms with Crippen LogP contribution in [0, 0.1) is 0 Å². The molecule has 8 heteroatoms. The molecule has 0 atom stereocenters. The van der Waals surface area contributed by atoms with Crippen molar-refractivity contribution >= 4 is 46.6 Å². The van der Waals surface area contributed by atoms with Gasteiger partial charge < -0.3 is 15.4 Å². The third kappa shape index (κ3) is 5.26. The molecule has 0 fully saturated rings. The average Bonchev–Trinajstić information content (AvgIpc) is 2.60. The van der Waals surface area contributed by atoms with Gasteiger partial charge in [0.1, 0.15) is 5.75 Å². The van der Waals surface area contributed by atoms with Crippen molar-refractivity contribution in [2.75, 3.05) is 20.2 Å². The van der Waals surface area contributed by atoms with Crippen molar-refractivity contribution in [3.05, 3.63) is 62.6 Å². The smallest absolute Gasteiger partial charge is 0.255 e. The number of methoxy groups -OCH3 is 1. The van der Waals surface area contributed by atoms with Crippen LogP contribution in [0.25, 0.3) is 0 Å². The van der Waals surface area contributed by atoms with Gasteiger partial charge in [0.2, 0.25) is 0 Å². The van der Waals surface area contributed by atoms with E-state index in [1.54, 1.807) is 24.3 Å². The van der Waals surface area contributed by atoms with E-state index in [4.69, 9.17) is 39.5 Å². The number of carbonyl (C=O) groups is 2. The Morgan fingerprint density at radius 1 is 0.880 bits per heavy atom. The van der Waals surface area contributed by atoms with Crippen LogP contribution in [0.2, 0.25) is 15.1 Å². The molecule has 0 aromatic heterocycles. The van der Waals surface area contributed by atoms with Crippen LogP contribution in [0.1, 0.15) is 20.7 Å². The van der Waals surface area contributed by atoms with E-state index in [0.29, 0.717) is 26.4 Å². The summed E-state index contributed by atoms with van der Waals surface area (Å²) in [7, 11) is 1.47. The van der Waals surface area contributed by atoms with Crippen LogP contribution in [0.4, 0.5) is 0 Å². The number of benzene rings is 2. The predicted octanol–water partition coefficient (Wildman–Crippen LogP) is 3.82. The monoisotopic (exact) mass is 400 g/mol. The Kier molecular flexibility index (Phi) is 6.93. The molecule has 0 spiro atoms. The molecule has 2 N–H and O–H groups in total. The maximum Gasteiger partial charge on any atom is 0.255 e. The molecule has 0 heterocycles.